The van der Waals surface area contributed by atoms with Gasteiger partial charge in [-0.3, -0.25) is 9.36 Å². The van der Waals surface area contributed by atoms with Crippen LogP contribution < -0.4 is 5.56 Å². The van der Waals surface area contributed by atoms with Gasteiger partial charge in [-0.2, -0.15) is 17.6 Å². The summed E-state index contributed by atoms with van der Waals surface area (Å²) in [7, 11) is -0.280. The van der Waals surface area contributed by atoms with Gasteiger partial charge >= 0.3 is 6.18 Å². The van der Waals surface area contributed by atoms with E-state index in [1.54, 1.807) is 46.8 Å². The van der Waals surface area contributed by atoms with E-state index < -0.39 is 38.7 Å². The van der Waals surface area contributed by atoms with Crippen LogP contribution in [-0.2, 0) is 23.4 Å². The van der Waals surface area contributed by atoms with Crippen molar-refractivity contribution in [2.75, 3.05) is 0 Å². The molecular weight excluding hydrogens is 403 g/mol. The SMILES string of the molecule is C/C(=N/[S@](=O)C(C)(C)C)c1cc(C)cc2c(=O)n(C)c(C(C)(C)C(F)(F)F)nc12. The first kappa shape index (κ1) is 23.3. The molecule has 1 aromatic heterocycles. The lowest BCUT2D eigenvalue weighted by Crippen LogP contribution is -2.42. The molecule has 0 saturated carbocycles. The number of benzene rings is 1. The highest BCUT2D eigenvalue weighted by Crippen LogP contribution is 2.39. The quantitative estimate of drug-likeness (QED) is 0.682. The first-order valence-corrected chi connectivity index (χ1v) is 10.2. The Balaban J connectivity index is 2.92. The third-order valence-corrected chi connectivity index (χ3v) is 6.21. The number of hydrogen-bond acceptors (Lipinski definition) is 3. The summed E-state index contributed by atoms with van der Waals surface area (Å²) in [6.07, 6.45) is -4.60. The van der Waals surface area contributed by atoms with Gasteiger partial charge in [0.1, 0.15) is 22.2 Å². The topological polar surface area (TPSA) is 64.3 Å². The Hall–Kier alpha value is -2.03. The highest BCUT2D eigenvalue weighted by Gasteiger charge is 2.51. The van der Waals surface area contributed by atoms with E-state index in [-0.39, 0.29) is 10.9 Å². The van der Waals surface area contributed by atoms with Gasteiger partial charge in [-0.1, -0.05) is 0 Å². The number of hydrogen-bond donors (Lipinski definition) is 0. The molecule has 0 bridgehead atoms. The van der Waals surface area contributed by atoms with Crippen molar-refractivity contribution in [3.8, 4) is 0 Å². The zero-order valence-electron chi connectivity index (χ0n) is 17.9. The van der Waals surface area contributed by atoms with Gasteiger partial charge in [0.15, 0.2) is 0 Å². The van der Waals surface area contributed by atoms with Crippen LogP contribution in [0.3, 0.4) is 0 Å². The second kappa shape index (κ2) is 7.34. The smallest absolute Gasteiger partial charge is 0.299 e. The van der Waals surface area contributed by atoms with E-state index in [0.29, 0.717) is 11.3 Å². The Kier molecular flexibility index (Phi) is 5.88. The third-order valence-electron chi connectivity index (χ3n) is 4.73. The van der Waals surface area contributed by atoms with Crippen molar-refractivity contribution in [3.63, 3.8) is 0 Å². The first-order chi connectivity index (χ1) is 13.0. The van der Waals surface area contributed by atoms with Crippen LogP contribution in [0, 0.1) is 6.92 Å². The van der Waals surface area contributed by atoms with E-state index in [4.69, 9.17) is 0 Å². The second-order valence-corrected chi connectivity index (χ2v) is 10.6. The first-order valence-electron chi connectivity index (χ1n) is 9.04. The molecule has 2 aromatic rings. The van der Waals surface area contributed by atoms with Crippen LogP contribution in [-0.4, -0.2) is 30.4 Å². The fourth-order valence-corrected chi connectivity index (χ4v) is 3.41. The average Bonchev–Trinajstić information content (AvgIpc) is 2.55. The number of aromatic nitrogens is 2. The Labute approximate surface area is 170 Å². The van der Waals surface area contributed by atoms with E-state index >= 15 is 0 Å². The van der Waals surface area contributed by atoms with Gasteiger partial charge in [-0.05, 0) is 66.2 Å². The summed E-state index contributed by atoms with van der Waals surface area (Å²) in [5.74, 6) is -0.391. The highest BCUT2D eigenvalue weighted by atomic mass is 32.2. The molecule has 0 fully saturated rings. The number of nitrogens with zero attached hydrogens (tertiary/aromatic N) is 3. The molecule has 0 aliphatic heterocycles. The van der Waals surface area contributed by atoms with Crippen molar-refractivity contribution in [1.82, 2.24) is 9.55 Å². The summed E-state index contributed by atoms with van der Waals surface area (Å²) in [5.41, 5.74) is -1.31. The minimum absolute atomic E-state index is 0.123. The summed E-state index contributed by atoms with van der Waals surface area (Å²) in [6, 6.07) is 3.28. The summed E-state index contributed by atoms with van der Waals surface area (Å²) in [5, 5.41) is 0.195. The second-order valence-electron chi connectivity index (χ2n) is 8.67. The van der Waals surface area contributed by atoms with Gasteiger partial charge in [0, 0.05) is 12.6 Å². The fraction of sp³-hybridized carbons (Fsp3) is 0.550. The third kappa shape index (κ3) is 4.29. The Morgan fingerprint density at radius 1 is 1.14 bits per heavy atom. The molecule has 5 nitrogen and oxygen atoms in total. The van der Waals surface area contributed by atoms with Crippen molar-refractivity contribution in [1.29, 1.82) is 0 Å². The van der Waals surface area contributed by atoms with Crippen molar-refractivity contribution in [2.24, 2.45) is 11.4 Å². The van der Waals surface area contributed by atoms with Crippen LogP contribution >= 0.6 is 0 Å². The van der Waals surface area contributed by atoms with E-state index in [2.05, 4.69) is 9.38 Å². The highest BCUT2D eigenvalue weighted by molar-refractivity contribution is 7.85. The molecule has 2 rings (SSSR count). The maximum atomic E-state index is 13.6. The van der Waals surface area contributed by atoms with Crippen LogP contribution in [0.1, 0.15) is 58.5 Å². The van der Waals surface area contributed by atoms with E-state index in [9.17, 15) is 22.2 Å². The normalized spacial score (nSPS) is 15.1. The predicted octanol–water partition coefficient (Wildman–Crippen LogP) is 4.35. The lowest BCUT2D eigenvalue weighted by Gasteiger charge is -2.29. The van der Waals surface area contributed by atoms with Crippen LogP contribution in [0.5, 0.6) is 0 Å². The lowest BCUT2D eigenvalue weighted by molar-refractivity contribution is -0.183. The molecule has 0 amide bonds. The van der Waals surface area contributed by atoms with Gasteiger partial charge < -0.3 is 0 Å². The molecule has 0 aliphatic rings. The molecule has 0 radical (unpaired) electrons. The summed E-state index contributed by atoms with van der Waals surface area (Å²) in [4.78, 5) is 17.2. The van der Waals surface area contributed by atoms with Crippen molar-refractivity contribution >= 4 is 27.6 Å². The van der Waals surface area contributed by atoms with Crippen LogP contribution in [0.2, 0.25) is 0 Å². The summed E-state index contributed by atoms with van der Waals surface area (Å²) in [6.45, 7) is 10.7. The zero-order chi connectivity index (χ0) is 22.5. The fourth-order valence-electron chi connectivity index (χ4n) is 2.79. The maximum absolute atomic E-state index is 13.6. The standard InChI is InChI=1S/C20H26F3N3O2S/c1-11-9-13(12(2)25-29(28)18(3,4)5)15-14(10-11)16(27)26(8)17(24-15)19(6,7)20(21,22)23/h9-10H,1-8H3/b25-12-/t29-/m1/s1. The number of alkyl halides is 3. The minimum atomic E-state index is -4.60. The molecule has 1 aromatic carbocycles. The predicted molar refractivity (Wildman–Crippen MR) is 111 cm³/mol. The number of fused-ring (bicyclic) bond motifs is 1. The molecule has 0 N–H and O–H groups in total. The van der Waals surface area contributed by atoms with Gasteiger partial charge in [-0.15, -0.1) is 0 Å². The van der Waals surface area contributed by atoms with Crippen molar-refractivity contribution < 1.29 is 17.4 Å². The van der Waals surface area contributed by atoms with Gasteiger partial charge in [0.25, 0.3) is 5.56 Å². The van der Waals surface area contributed by atoms with Crippen molar-refractivity contribution in [3.05, 3.63) is 39.4 Å². The maximum Gasteiger partial charge on any atom is 0.400 e. The molecule has 29 heavy (non-hydrogen) atoms. The minimum Gasteiger partial charge on any atom is -0.299 e. The number of rotatable bonds is 3. The van der Waals surface area contributed by atoms with E-state index in [1.165, 1.54) is 7.05 Å². The van der Waals surface area contributed by atoms with Crippen LogP contribution in [0.4, 0.5) is 13.2 Å². The molecule has 160 valence electrons. The molecule has 0 saturated heterocycles. The van der Waals surface area contributed by atoms with Gasteiger partial charge in [0.2, 0.25) is 0 Å². The molecular formula is C20H26F3N3O2S. The Morgan fingerprint density at radius 2 is 1.69 bits per heavy atom. The molecule has 1 heterocycles. The van der Waals surface area contributed by atoms with E-state index in [0.717, 1.165) is 24.0 Å². The van der Waals surface area contributed by atoms with Crippen LogP contribution in [0.15, 0.2) is 21.3 Å². The largest absolute Gasteiger partial charge is 0.400 e. The van der Waals surface area contributed by atoms with Gasteiger partial charge in [-0.25, -0.2) is 9.19 Å². The summed E-state index contributed by atoms with van der Waals surface area (Å²) >= 11 is 0. The van der Waals surface area contributed by atoms with Crippen LogP contribution in [0.25, 0.3) is 10.9 Å². The lowest BCUT2D eigenvalue weighted by atomic mass is 9.90. The molecule has 0 aliphatic carbocycles. The number of aryl methyl sites for hydroxylation is 1. The van der Waals surface area contributed by atoms with Gasteiger partial charge in [0.05, 0.1) is 21.4 Å². The monoisotopic (exact) mass is 429 g/mol. The molecule has 0 unspecified atom stereocenters. The van der Waals surface area contributed by atoms with E-state index in [1.807, 2.05) is 0 Å². The molecule has 1 atom stereocenters. The summed E-state index contributed by atoms with van der Waals surface area (Å²) < 4.78 is 57.9. The Bertz CT molecular complexity index is 1080. The average molecular weight is 430 g/mol. The molecule has 9 heteroatoms. The molecule has 0 spiro atoms. The van der Waals surface area contributed by atoms with Crippen molar-refractivity contribution in [2.45, 2.75) is 64.8 Å². The Morgan fingerprint density at radius 3 is 2.17 bits per heavy atom. The zero-order valence-corrected chi connectivity index (χ0v) is 18.7. The number of halogens is 3.